The molecule has 1 heterocycles. The van der Waals surface area contributed by atoms with E-state index in [1.165, 1.54) is 16.7 Å². The topological polar surface area (TPSA) is 75.6 Å². The number of rotatable bonds is 13. The molecule has 1 aliphatic carbocycles. The molecular formula is C34H58O7Si4. The van der Waals surface area contributed by atoms with Gasteiger partial charge in [0.2, 0.25) is 5.79 Å². The van der Waals surface area contributed by atoms with Gasteiger partial charge < -0.3 is 32.3 Å². The molecule has 5 atom stereocenters. The zero-order valence-electron chi connectivity index (χ0n) is 30.0. The highest BCUT2D eigenvalue weighted by Gasteiger charge is 2.59. The Hall–Kier alpha value is -1.13. The first kappa shape index (κ1) is 36.7. The number of methoxy groups -OCH3 is 1. The SMILES string of the molecule is COc1ccc(C2(O)O[C@H](CO[Si](C)(C)C)[C@@H](O[Si](C)(C)C)[C@H](O[Si](C)(C)C)[C@H]2O[Si](C)(C)C)cc1Cc1ccc2c(c1)CC2. The minimum absolute atomic E-state index is 0.302. The van der Waals surface area contributed by atoms with Gasteiger partial charge in [-0.05, 0) is 132 Å². The molecule has 11 heteroatoms. The van der Waals surface area contributed by atoms with Gasteiger partial charge in [0.25, 0.3) is 0 Å². The van der Waals surface area contributed by atoms with E-state index in [-0.39, 0.29) is 0 Å². The van der Waals surface area contributed by atoms with Crippen LogP contribution in [0, 0.1) is 0 Å². The van der Waals surface area contributed by atoms with E-state index < -0.39 is 63.5 Å². The van der Waals surface area contributed by atoms with Crippen molar-refractivity contribution in [2.75, 3.05) is 13.7 Å². The van der Waals surface area contributed by atoms with Gasteiger partial charge in [-0.3, -0.25) is 0 Å². The number of ether oxygens (including phenoxy) is 2. The van der Waals surface area contributed by atoms with Gasteiger partial charge in [0.05, 0.1) is 13.7 Å². The molecule has 0 amide bonds. The Kier molecular flexibility index (Phi) is 10.9. The second-order valence-corrected chi connectivity index (χ2v) is 34.5. The largest absolute Gasteiger partial charge is 0.496 e. The van der Waals surface area contributed by atoms with E-state index >= 15 is 0 Å². The average Bonchev–Trinajstić information content (AvgIpc) is 2.86. The van der Waals surface area contributed by atoms with Crippen LogP contribution < -0.4 is 4.74 Å². The van der Waals surface area contributed by atoms with Crippen LogP contribution in [0.3, 0.4) is 0 Å². The number of aliphatic hydroxyl groups is 1. The highest BCUT2D eigenvalue weighted by Crippen LogP contribution is 2.44. The third-order valence-corrected chi connectivity index (χ3v) is 11.8. The molecule has 2 aliphatic rings. The van der Waals surface area contributed by atoms with Crippen molar-refractivity contribution >= 4 is 33.3 Å². The minimum Gasteiger partial charge on any atom is -0.496 e. The lowest BCUT2D eigenvalue weighted by molar-refractivity contribution is -0.348. The molecule has 4 rings (SSSR count). The third kappa shape index (κ3) is 9.71. The maximum atomic E-state index is 13.0. The summed E-state index contributed by atoms with van der Waals surface area (Å²) in [6, 6.07) is 12.6. The Balaban J connectivity index is 1.86. The van der Waals surface area contributed by atoms with Crippen LogP contribution in [0.4, 0.5) is 0 Å². The third-order valence-electron chi connectivity index (χ3n) is 7.87. The van der Waals surface area contributed by atoms with Crippen molar-refractivity contribution in [3.05, 3.63) is 64.2 Å². The number of benzene rings is 2. The molecule has 45 heavy (non-hydrogen) atoms. The summed E-state index contributed by atoms with van der Waals surface area (Å²) in [5.74, 6) is -1.03. The molecule has 0 aromatic heterocycles. The normalized spacial score (nSPS) is 25.9. The van der Waals surface area contributed by atoms with Gasteiger partial charge in [0.1, 0.15) is 30.2 Å². The first-order valence-corrected chi connectivity index (χ1v) is 30.1. The monoisotopic (exact) mass is 690 g/mol. The summed E-state index contributed by atoms with van der Waals surface area (Å²) in [7, 11) is -6.72. The van der Waals surface area contributed by atoms with Crippen LogP contribution in [-0.4, -0.2) is 76.5 Å². The van der Waals surface area contributed by atoms with E-state index in [1.54, 1.807) is 7.11 Å². The quantitative estimate of drug-likeness (QED) is 0.219. The van der Waals surface area contributed by atoms with Crippen molar-refractivity contribution in [2.45, 2.75) is 128 Å². The van der Waals surface area contributed by atoms with E-state index in [1.807, 2.05) is 18.2 Å². The number of hydrogen-bond acceptors (Lipinski definition) is 7. The summed E-state index contributed by atoms with van der Waals surface area (Å²) < 4.78 is 40.0. The molecular weight excluding hydrogens is 633 g/mol. The lowest BCUT2D eigenvalue weighted by Crippen LogP contribution is -2.69. The van der Waals surface area contributed by atoms with Gasteiger partial charge in [-0.15, -0.1) is 0 Å². The van der Waals surface area contributed by atoms with E-state index in [0.717, 1.165) is 24.2 Å². The highest BCUT2D eigenvalue weighted by molar-refractivity contribution is 6.71. The molecule has 1 fully saturated rings. The van der Waals surface area contributed by atoms with Crippen LogP contribution >= 0.6 is 0 Å². The average molecular weight is 691 g/mol. The van der Waals surface area contributed by atoms with Crippen LogP contribution in [0.1, 0.15) is 27.8 Å². The Labute approximate surface area is 276 Å². The smallest absolute Gasteiger partial charge is 0.221 e. The Morgan fingerprint density at radius 3 is 1.84 bits per heavy atom. The molecule has 1 N–H and O–H groups in total. The Morgan fingerprint density at radius 1 is 0.733 bits per heavy atom. The molecule has 2 aromatic rings. The van der Waals surface area contributed by atoms with E-state index in [0.29, 0.717) is 18.6 Å². The molecule has 0 saturated carbocycles. The summed E-state index contributed by atoms with van der Waals surface area (Å²) in [6.07, 6.45) is 0.585. The van der Waals surface area contributed by atoms with E-state index in [9.17, 15) is 5.11 Å². The Bertz CT molecular complexity index is 1330. The first-order chi connectivity index (χ1) is 20.6. The van der Waals surface area contributed by atoms with Crippen molar-refractivity contribution in [1.82, 2.24) is 0 Å². The highest BCUT2D eigenvalue weighted by atomic mass is 28.4. The number of fused-ring (bicyclic) bond motifs is 1. The van der Waals surface area contributed by atoms with Gasteiger partial charge in [-0.25, -0.2) is 0 Å². The van der Waals surface area contributed by atoms with Gasteiger partial charge in [0.15, 0.2) is 33.3 Å². The summed E-state index contributed by atoms with van der Waals surface area (Å²) in [6.45, 7) is 26.3. The fourth-order valence-electron chi connectivity index (χ4n) is 6.00. The fraction of sp³-hybridized carbons (Fsp3) is 0.647. The molecule has 0 spiro atoms. The number of hydrogen-bond donors (Lipinski definition) is 1. The zero-order valence-corrected chi connectivity index (χ0v) is 34.0. The van der Waals surface area contributed by atoms with Gasteiger partial charge in [-0.1, -0.05) is 18.2 Å². The number of aryl methyl sites for hydroxylation is 2. The summed E-state index contributed by atoms with van der Waals surface area (Å²) in [5.41, 5.74) is 5.69. The van der Waals surface area contributed by atoms with Crippen LogP contribution in [0.2, 0.25) is 78.6 Å². The van der Waals surface area contributed by atoms with Crippen molar-refractivity contribution < 1.29 is 32.3 Å². The molecule has 2 aromatic carbocycles. The van der Waals surface area contributed by atoms with Crippen molar-refractivity contribution in [3.8, 4) is 5.75 Å². The van der Waals surface area contributed by atoms with Crippen molar-refractivity contribution in [3.63, 3.8) is 0 Å². The second kappa shape index (κ2) is 13.4. The van der Waals surface area contributed by atoms with Crippen LogP contribution in [0.15, 0.2) is 36.4 Å². The lowest BCUT2D eigenvalue weighted by atomic mass is 9.85. The van der Waals surface area contributed by atoms with Gasteiger partial charge in [-0.2, -0.15) is 0 Å². The maximum absolute atomic E-state index is 13.0. The zero-order chi connectivity index (χ0) is 33.6. The molecule has 0 radical (unpaired) electrons. The molecule has 0 bridgehead atoms. The van der Waals surface area contributed by atoms with Gasteiger partial charge >= 0.3 is 0 Å². The maximum Gasteiger partial charge on any atom is 0.221 e. The molecule has 1 aliphatic heterocycles. The predicted octanol–water partition coefficient (Wildman–Crippen LogP) is 7.44. The standard InChI is InChI=1S/C34H58O7Si4/c1-36-29-19-18-28(22-27(29)21-24-14-15-25-16-17-26(25)20-24)34(35)33(41-45(11,12)13)32(40-44(8,9)10)31(39-43(5,6)7)30(38-34)23-37-42(2,3)4/h14-15,18-20,22,30-33,35H,16-17,21,23H2,1-13H3/t30-,31-,32+,33-,34?/m1/s1. The van der Waals surface area contributed by atoms with Crippen LogP contribution in [0.25, 0.3) is 0 Å². The molecule has 7 nitrogen and oxygen atoms in total. The van der Waals surface area contributed by atoms with E-state index in [2.05, 4.69) is 96.8 Å². The molecule has 252 valence electrons. The van der Waals surface area contributed by atoms with Crippen LogP contribution in [-0.2, 0) is 47.5 Å². The summed E-state index contributed by atoms with van der Waals surface area (Å²) in [5, 5.41) is 13.0. The minimum atomic E-state index is -2.24. The van der Waals surface area contributed by atoms with E-state index in [4.69, 9.17) is 27.2 Å². The van der Waals surface area contributed by atoms with Crippen molar-refractivity contribution in [2.24, 2.45) is 0 Å². The summed E-state index contributed by atoms with van der Waals surface area (Å²) in [4.78, 5) is 0. The molecule has 1 unspecified atom stereocenters. The second-order valence-electron chi connectivity index (χ2n) is 16.6. The first-order valence-electron chi connectivity index (χ1n) is 16.4. The lowest BCUT2D eigenvalue weighted by Gasteiger charge is -2.54. The fourth-order valence-corrected chi connectivity index (χ4v) is 9.90. The van der Waals surface area contributed by atoms with Crippen molar-refractivity contribution in [1.29, 1.82) is 0 Å². The Morgan fingerprint density at radius 2 is 1.33 bits per heavy atom. The molecule has 1 saturated heterocycles. The predicted molar refractivity (Wildman–Crippen MR) is 192 cm³/mol. The summed E-state index contributed by atoms with van der Waals surface area (Å²) >= 11 is 0. The van der Waals surface area contributed by atoms with Crippen LogP contribution in [0.5, 0.6) is 5.75 Å². The van der Waals surface area contributed by atoms with Gasteiger partial charge in [0, 0.05) is 12.0 Å².